The lowest BCUT2D eigenvalue weighted by Gasteiger charge is -2.32. The molecular formula is C17H23ClN2O3. The normalized spacial score (nSPS) is 15.3. The Hall–Kier alpha value is -1.75. The van der Waals surface area contributed by atoms with E-state index >= 15 is 0 Å². The summed E-state index contributed by atoms with van der Waals surface area (Å²) in [6.07, 6.45) is 2.99. The van der Waals surface area contributed by atoms with Gasteiger partial charge in [-0.3, -0.25) is 4.79 Å². The van der Waals surface area contributed by atoms with Gasteiger partial charge in [-0.25, -0.2) is 4.79 Å². The Kier molecular flexibility index (Phi) is 6.71. The van der Waals surface area contributed by atoms with Crippen LogP contribution in [0.2, 0.25) is 5.02 Å². The Labute approximate surface area is 141 Å². The van der Waals surface area contributed by atoms with E-state index in [0.29, 0.717) is 30.3 Å². The summed E-state index contributed by atoms with van der Waals surface area (Å²) in [7, 11) is 0. The SMILES string of the molecule is CCCCOC(=O)NC1CCN(C(=O)c2ccc(Cl)cc2)CC1. The molecule has 0 aliphatic carbocycles. The molecule has 0 saturated carbocycles. The Morgan fingerprint density at radius 3 is 2.52 bits per heavy atom. The van der Waals surface area contributed by atoms with Crippen LogP contribution >= 0.6 is 11.6 Å². The van der Waals surface area contributed by atoms with Crippen LogP contribution in [0.4, 0.5) is 4.79 Å². The Morgan fingerprint density at radius 1 is 1.26 bits per heavy atom. The molecule has 0 bridgehead atoms. The number of unbranched alkanes of at least 4 members (excludes halogenated alkanes) is 1. The molecule has 1 aliphatic heterocycles. The van der Waals surface area contributed by atoms with Crippen molar-refractivity contribution in [1.82, 2.24) is 10.2 Å². The fraction of sp³-hybridized carbons (Fsp3) is 0.529. The summed E-state index contributed by atoms with van der Waals surface area (Å²) in [6, 6.07) is 6.98. The van der Waals surface area contributed by atoms with Crippen molar-refractivity contribution in [2.45, 2.75) is 38.6 Å². The molecule has 6 heteroatoms. The van der Waals surface area contributed by atoms with Crippen molar-refractivity contribution in [1.29, 1.82) is 0 Å². The Morgan fingerprint density at radius 2 is 1.91 bits per heavy atom. The average Bonchev–Trinajstić information content (AvgIpc) is 2.56. The summed E-state index contributed by atoms with van der Waals surface area (Å²) in [4.78, 5) is 25.8. The van der Waals surface area contributed by atoms with Crippen LogP contribution in [0, 0.1) is 0 Å². The average molecular weight is 339 g/mol. The maximum Gasteiger partial charge on any atom is 0.407 e. The molecule has 1 aromatic carbocycles. The highest BCUT2D eigenvalue weighted by atomic mass is 35.5. The topological polar surface area (TPSA) is 58.6 Å². The fourth-order valence-corrected chi connectivity index (χ4v) is 2.65. The van der Waals surface area contributed by atoms with Crippen LogP contribution in [0.3, 0.4) is 0 Å². The van der Waals surface area contributed by atoms with Crippen LogP contribution in [0.15, 0.2) is 24.3 Å². The smallest absolute Gasteiger partial charge is 0.407 e. The van der Waals surface area contributed by atoms with E-state index in [-0.39, 0.29) is 18.0 Å². The van der Waals surface area contributed by atoms with Gasteiger partial charge in [0.1, 0.15) is 0 Å². The molecule has 23 heavy (non-hydrogen) atoms. The second kappa shape index (κ2) is 8.77. The highest BCUT2D eigenvalue weighted by Gasteiger charge is 2.24. The van der Waals surface area contributed by atoms with Crippen molar-refractivity contribution >= 4 is 23.6 Å². The van der Waals surface area contributed by atoms with E-state index in [0.717, 1.165) is 25.7 Å². The summed E-state index contributed by atoms with van der Waals surface area (Å²) in [5.41, 5.74) is 0.639. The number of nitrogens with one attached hydrogen (secondary N) is 1. The number of hydrogen-bond donors (Lipinski definition) is 1. The molecule has 0 atom stereocenters. The molecule has 2 amide bonds. The van der Waals surface area contributed by atoms with Gasteiger partial charge in [-0.05, 0) is 43.5 Å². The predicted octanol–water partition coefficient (Wildman–Crippen LogP) is 3.47. The van der Waals surface area contributed by atoms with Crippen molar-refractivity contribution in [3.05, 3.63) is 34.9 Å². The summed E-state index contributed by atoms with van der Waals surface area (Å²) in [5, 5.41) is 3.48. The summed E-state index contributed by atoms with van der Waals surface area (Å²) in [6.45, 7) is 3.76. The zero-order valence-corrected chi connectivity index (χ0v) is 14.1. The molecule has 1 fully saturated rings. The van der Waals surface area contributed by atoms with Crippen molar-refractivity contribution in [3.63, 3.8) is 0 Å². The number of amides is 2. The summed E-state index contributed by atoms with van der Waals surface area (Å²) < 4.78 is 5.10. The molecule has 1 heterocycles. The van der Waals surface area contributed by atoms with Crippen molar-refractivity contribution in [2.75, 3.05) is 19.7 Å². The maximum absolute atomic E-state index is 12.4. The number of piperidine rings is 1. The number of benzene rings is 1. The zero-order chi connectivity index (χ0) is 16.7. The monoisotopic (exact) mass is 338 g/mol. The minimum atomic E-state index is -0.360. The van der Waals surface area contributed by atoms with Gasteiger partial charge in [-0.15, -0.1) is 0 Å². The summed E-state index contributed by atoms with van der Waals surface area (Å²) >= 11 is 5.84. The molecule has 0 spiro atoms. The first-order chi connectivity index (χ1) is 11.1. The first-order valence-corrected chi connectivity index (χ1v) is 8.46. The van der Waals surface area contributed by atoms with Crippen molar-refractivity contribution in [2.24, 2.45) is 0 Å². The standard InChI is InChI=1S/C17H23ClN2O3/c1-2-3-12-23-17(22)19-15-8-10-20(11-9-15)16(21)13-4-6-14(18)7-5-13/h4-7,15H,2-3,8-12H2,1H3,(H,19,22). The third kappa shape index (κ3) is 5.43. The van der Waals surface area contributed by atoms with E-state index in [4.69, 9.17) is 16.3 Å². The molecular weight excluding hydrogens is 316 g/mol. The van der Waals surface area contributed by atoms with Crippen LogP contribution in [0.25, 0.3) is 0 Å². The minimum Gasteiger partial charge on any atom is -0.450 e. The Bertz CT molecular complexity index is 525. The number of ether oxygens (including phenoxy) is 1. The number of nitrogens with zero attached hydrogens (tertiary/aromatic N) is 1. The lowest BCUT2D eigenvalue weighted by atomic mass is 10.0. The van der Waals surface area contributed by atoms with E-state index in [1.807, 2.05) is 4.90 Å². The number of carbonyl (C=O) groups excluding carboxylic acids is 2. The number of hydrogen-bond acceptors (Lipinski definition) is 3. The number of carbonyl (C=O) groups is 2. The van der Waals surface area contributed by atoms with Crippen molar-refractivity contribution < 1.29 is 14.3 Å². The van der Waals surface area contributed by atoms with E-state index in [9.17, 15) is 9.59 Å². The van der Waals surface area contributed by atoms with Gasteiger partial charge in [-0.2, -0.15) is 0 Å². The summed E-state index contributed by atoms with van der Waals surface area (Å²) in [5.74, 6) is 0.00522. The van der Waals surface area contributed by atoms with Gasteiger partial charge in [0.25, 0.3) is 5.91 Å². The number of alkyl carbamates (subject to hydrolysis) is 1. The van der Waals surface area contributed by atoms with E-state index in [1.165, 1.54) is 0 Å². The second-order valence-corrected chi connectivity index (χ2v) is 6.14. The minimum absolute atomic E-state index is 0.00522. The molecule has 5 nitrogen and oxygen atoms in total. The molecule has 1 aromatic rings. The zero-order valence-electron chi connectivity index (χ0n) is 13.4. The van der Waals surface area contributed by atoms with Gasteiger partial charge < -0.3 is 15.0 Å². The molecule has 1 N–H and O–H groups in total. The lowest BCUT2D eigenvalue weighted by Crippen LogP contribution is -2.46. The molecule has 126 valence electrons. The number of rotatable bonds is 5. The van der Waals surface area contributed by atoms with E-state index in [1.54, 1.807) is 24.3 Å². The van der Waals surface area contributed by atoms with Gasteiger partial charge >= 0.3 is 6.09 Å². The van der Waals surface area contributed by atoms with E-state index in [2.05, 4.69) is 12.2 Å². The molecule has 0 aromatic heterocycles. The van der Waals surface area contributed by atoms with Crippen LogP contribution in [0.5, 0.6) is 0 Å². The van der Waals surface area contributed by atoms with Gasteiger partial charge in [0, 0.05) is 29.7 Å². The predicted molar refractivity (Wildman–Crippen MR) is 89.8 cm³/mol. The van der Waals surface area contributed by atoms with Crippen LogP contribution in [0.1, 0.15) is 43.0 Å². The maximum atomic E-state index is 12.4. The largest absolute Gasteiger partial charge is 0.450 e. The molecule has 1 aliphatic rings. The number of likely N-dealkylation sites (tertiary alicyclic amines) is 1. The molecule has 2 rings (SSSR count). The second-order valence-electron chi connectivity index (χ2n) is 5.71. The van der Waals surface area contributed by atoms with Gasteiger partial charge in [0.15, 0.2) is 0 Å². The third-order valence-electron chi connectivity index (χ3n) is 3.93. The first kappa shape index (κ1) is 17.6. The van der Waals surface area contributed by atoms with Crippen LogP contribution in [-0.2, 0) is 4.74 Å². The lowest BCUT2D eigenvalue weighted by molar-refractivity contribution is 0.0702. The highest BCUT2D eigenvalue weighted by molar-refractivity contribution is 6.30. The Balaban J connectivity index is 1.76. The van der Waals surface area contributed by atoms with E-state index < -0.39 is 0 Å². The molecule has 0 unspecified atom stereocenters. The van der Waals surface area contributed by atoms with Gasteiger partial charge in [0.05, 0.1) is 6.61 Å². The van der Waals surface area contributed by atoms with Crippen LogP contribution < -0.4 is 5.32 Å². The van der Waals surface area contributed by atoms with Gasteiger partial charge in [0.2, 0.25) is 0 Å². The third-order valence-corrected chi connectivity index (χ3v) is 4.18. The van der Waals surface area contributed by atoms with Crippen LogP contribution in [-0.4, -0.2) is 42.6 Å². The fourth-order valence-electron chi connectivity index (χ4n) is 2.52. The highest BCUT2D eigenvalue weighted by Crippen LogP contribution is 2.16. The van der Waals surface area contributed by atoms with Crippen molar-refractivity contribution in [3.8, 4) is 0 Å². The quantitative estimate of drug-likeness (QED) is 0.836. The molecule has 0 radical (unpaired) electrons. The first-order valence-electron chi connectivity index (χ1n) is 8.08. The number of halogens is 1. The van der Waals surface area contributed by atoms with Gasteiger partial charge in [-0.1, -0.05) is 24.9 Å². The molecule has 1 saturated heterocycles.